The van der Waals surface area contributed by atoms with Crippen LogP contribution >= 0.6 is 0 Å². The van der Waals surface area contributed by atoms with E-state index in [-0.39, 0.29) is 5.91 Å². The first-order valence-electron chi connectivity index (χ1n) is 3.57. The van der Waals surface area contributed by atoms with Crippen molar-refractivity contribution in [1.29, 1.82) is 0 Å². The van der Waals surface area contributed by atoms with Crippen LogP contribution in [0.3, 0.4) is 0 Å². The number of aliphatic hydroxyl groups excluding tert-OH is 1. The molecule has 1 N–H and O–H groups in total. The Balaban J connectivity index is 2.68. The fourth-order valence-electron chi connectivity index (χ4n) is 1.33. The summed E-state index contributed by atoms with van der Waals surface area (Å²) in [6, 6.07) is -0.618. The highest BCUT2D eigenvalue weighted by atomic mass is 16.3. The molecule has 1 aliphatic rings. The summed E-state index contributed by atoms with van der Waals surface area (Å²) in [7, 11) is 0. The molecule has 1 fully saturated rings. The molecular formula is C7H11NO3. The SMILES string of the molecule is CC(=O)N1CC[C@H](O)[C@H]1C=O. The minimum atomic E-state index is -0.670. The van der Waals surface area contributed by atoms with E-state index in [0.717, 1.165) is 0 Å². The Kier molecular flexibility index (Phi) is 2.24. The van der Waals surface area contributed by atoms with E-state index in [4.69, 9.17) is 0 Å². The molecule has 0 saturated carbocycles. The van der Waals surface area contributed by atoms with Crippen LogP contribution in [0, 0.1) is 0 Å². The Labute approximate surface area is 64.8 Å². The minimum Gasteiger partial charge on any atom is -0.390 e. The van der Waals surface area contributed by atoms with Gasteiger partial charge in [0.05, 0.1) is 6.10 Å². The first-order valence-corrected chi connectivity index (χ1v) is 3.57. The highest BCUT2D eigenvalue weighted by Crippen LogP contribution is 2.15. The van der Waals surface area contributed by atoms with E-state index in [0.29, 0.717) is 19.3 Å². The number of rotatable bonds is 1. The number of hydrogen-bond donors (Lipinski definition) is 1. The lowest BCUT2D eigenvalue weighted by molar-refractivity contribution is -0.133. The number of amides is 1. The maximum atomic E-state index is 10.8. The maximum Gasteiger partial charge on any atom is 0.220 e. The van der Waals surface area contributed by atoms with Crippen LogP contribution in [0.5, 0.6) is 0 Å². The summed E-state index contributed by atoms with van der Waals surface area (Å²) in [5.41, 5.74) is 0. The van der Waals surface area contributed by atoms with Crippen LogP contribution in [0.25, 0.3) is 0 Å². The van der Waals surface area contributed by atoms with E-state index in [1.54, 1.807) is 0 Å². The van der Waals surface area contributed by atoms with Crippen LogP contribution in [-0.4, -0.2) is 40.9 Å². The van der Waals surface area contributed by atoms with Gasteiger partial charge in [0.1, 0.15) is 12.3 Å². The number of hydrogen-bond acceptors (Lipinski definition) is 3. The largest absolute Gasteiger partial charge is 0.390 e. The van der Waals surface area contributed by atoms with Crippen LogP contribution in [-0.2, 0) is 9.59 Å². The van der Waals surface area contributed by atoms with Crippen molar-refractivity contribution in [1.82, 2.24) is 4.90 Å². The first kappa shape index (κ1) is 8.20. The lowest BCUT2D eigenvalue weighted by Gasteiger charge is -2.19. The van der Waals surface area contributed by atoms with Crippen LogP contribution in [0.1, 0.15) is 13.3 Å². The van der Waals surface area contributed by atoms with Gasteiger partial charge in [0.25, 0.3) is 0 Å². The van der Waals surface area contributed by atoms with Crippen LogP contribution < -0.4 is 0 Å². The standard InChI is InChI=1S/C7H11NO3/c1-5(10)8-3-2-7(11)6(8)4-9/h4,6-7,11H,2-3H2,1H3/t6-,7+/m1/s1. The molecule has 1 heterocycles. The van der Waals surface area contributed by atoms with Crippen LogP contribution in [0.15, 0.2) is 0 Å². The molecule has 0 aromatic rings. The molecule has 62 valence electrons. The average Bonchev–Trinajstić information content (AvgIpc) is 2.30. The van der Waals surface area contributed by atoms with Crippen molar-refractivity contribution in [3.8, 4) is 0 Å². The van der Waals surface area contributed by atoms with Crippen molar-refractivity contribution in [2.24, 2.45) is 0 Å². The van der Waals surface area contributed by atoms with Gasteiger partial charge in [-0.1, -0.05) is 0 Å². The Morgan fingerprint density at radius 3 is 2.73 bits per heavy atom. The lowest BCUT2D eigenvalue weighted by Crippen LogP contribution is -2.39. The third kappa shape index (κ3) is 1.40. The zero-order valence-electron chi connectivity index (χ0n) is 6.36. The van der Waals surface area contributed by atoms with Gasteiger partial charge in [-0.25, -0.2) is 0 Å². The van der Waals surface area contributed by atoms with Gasteiger partial charge < -0.3 is 14.8 Å². The van der Waals surface area contributed by atoms with E-state index in [2.05, 4.69) is 0 Å². The zero-order valence-corrected chi connectivity index (χ0v) is 6.36. The molecule has 11 heavy (non-hydrogen) atoms. The Bertz CT molecular complexity index is 181. The fraction of sp³-hybridized carbons (Fsp3) is 0.714. The number of aliphatic hydroxyl groups is 1. The van der Waals surface area contributed by atoms with Crippen molar-refractivity contribution >= 4 is 12.2 Å². The van der Waals surface area contributed by atoms with Gasteiger partial charge >= 0.3 is 0 Å². The zero-order chi connectivity index (χ0) is 8.43. The smallest absolute Gasteiger partial charge is 0.220 e. The topological polar surface area (TPSA) is 57.6 Å². The maximum absolute atomic E-state index is 10.8. The summed E-state index contributed by atoms with van der Waals surface area (Å²) in [6.07, 6.45) is 0.457. The molecule has 4 heteroatoms. The average molecular weight is 157 g/mol. The monoisotopic (exact) mass is 157 g/mol. The molecule has 0 unspecified atom stereocenters. The molecular weight excluding hydrogens is 146 g/mol. The van der Waals surface area contributed by atoms with Gasteiger partial charge in [-0.05, 0) is 6.42 Å². The van der Waals surface area contributed by atoms with Crippen molar-refractivity contribution in [2.75, 3.05) is 6.54 Å². The molecule has 4 nitrogen and oxygen atoms in total. The Morgan fingerprint density at radius 2 is 2.36 bits per heavy atom. The summed E-state index contributed by atoms with van der Waals surface area (Å²) in [6.45, 7) is 1.88. The predicted octanol–water partition coefficient (Wildman–Crippen LogP) is -0.833. The van der Waals surface area contributed by atoms with Gasteiger partial charge in [0.2, 0.25) is 5.91 Å². The van der Waals surface area contributed by atoms with E-state index < -0.39 is 12.1 Å². The van der Waals surface area contributed by atoms with Crippen molar-refractivity contribution < 1.29 is 14.7 Å². The molecule has 0 aromatic carbocycles. The molecule has 2 atom stereocenters. The fourth-order valence-corrected chi connectivity index (χ4v) is 1.33. The lowest BCUT2D eigenvalue weighted by atomic mass is 10.2. The minimum absolute atomic E-state index is 0.154. The van der Waals surface area contributed by atoms with Gasteiger partial charge in [-0.2, -0.15) is 0 Å². The van der Waals surface area contributed by atoms with Gasteiger partial charge in [-0.15, -0.1) is 0 Å². The number of nitrogens with zero attached hydrogens (tertiary/aromatic N) is 1. The summed E-state index contributed by atoms with van der Waals surface area (Å²) >= 11 is 0. The summed E-state index contributed by atoms with van der Waals surface area (Å²) in [4.78, 5) is 22.6. The third-order valence-electron chi connectivity index (χ3n) is 1.96. The quantitative estimate of drug-likeness (QED) is 0.505. The molecule has 1 rings (SSSR count). The van der Waals surface area contributed by atoms with Gasteiger partial charge in [0.15, 0.2) is 0 Å². The van der Waals surface area contributed by atoms with Gasteiger partial charge in [0, 0.05) is 13.5 Å². The van der Waals surface area contributed by atoms with E-state index >= 15 is 0 Å². The molecule has 0 radical (unpaired) electrons. The second kappa shape index (κ2) is 3.00. The number of carbonyl (C=O) groups excluding carboxylic acids is 2. The molecule has 1 aliphatic heterocycles. The second-order valence-electron chi connectivity index (χ2n) is 2.70. The van der Waals surface area contributed by atoms with E-state index in [1.165, 1.54) is 11.8 Å². The molecule has 0 aromatic heterocycles. The highest BCUT2D eigenvalue weighted by Gasteiger charge is 2.33. The summed E-state index contributed by atoms with van der Waals surface area (Å²) in [5.74, 6) is -0.154. The number of likely N-dealkylation sites (tertiary alicyclic amines) is 1. The Morgan fingerprint density at radius 1 is 1.73 bits per heavy atom. The predicted molar refractivity (Wildman–Crippen MR) is 37.9 cm³/mol. The van der Waals surface area contributed by atoms with Crippen LogP contribution in [0.4, 0.5) is 0 Å². The molecule has 0 aliphatic carbocycles. The summed E-state index contributed by atoms with van der Waals surface area (Å²) < 4.78 is 0. The third-order valence-corrected chi connectivity index (χ3v) is 1.96. The molecule has 0 spiro atoms. The number of aldehydes is 1. The number of carbonyl (C=O) groups is 2. The molecule has 0 bridgehead atoms. The Hall–Kier alpha value is -0.900. The van der Waals surface area contributed by atoms with Gasteiger partial charge in [-0.3, -0.25) is 4.79 Å². The van der Waals surface area contributed by atoms with E-state index in [1.807, 2.05) is 0 Å². The first-order chi connectivity index (χ1) is 5.16. The molecule has 1 saturated heterocycles. The normalized spacial score (nSPS) is 30.5. The summed E-state index contributed by atoms with van der Waals surface area (Å²) in [5, 5.41) is 9.18. The van der Waals surface area contributed by atoms with E-state index in [9.17, 15) is 14.7 Å². The van der Waals surface area contributed by atoms with Crippen molar-refractivity contribution in [2.45, 2.75) is 25.5 Å². The van der Waals surface area contributed by atoms with Crippen molar-refractivity contribution in [3.63, 3.8) is 0 Å². The van der Waals surface area contributed by atoms with Crippen LogP contribution in [0.2, 0.25) is 0 Å². The van der Waals surface area contributed by atoms with Crippen molar-refractivity contribution in [3.05, 3.63) is 0 Å². The molecule has 1 amide bonds. The highest BCUT2D eigenvalue weighted by molar-refractivity contribution is 5.78. The second-order valence-corrected chi connectivity index (χ2v) is 2.70.